The zero-order valence-electron chi connectivity index (χ0n) is 16.5. The normalized spacial score (nSPS) is 11.0. The SMILES string of the molecule is COc1ccccc1CCNC(=O)Cc1csc2nc(-c3ccc(C)cc3)cn12. The Morgan fingerprint density at radius 1 is 1.17 bits per heavy atom. The summed E-state index contributed by atoms with van der Waals surface area (Å²) in [7, 11) is 1.66. The molecule has 0 fully saturated rings. The molecule has 148 valence electrons. The fraction of sp³-hybridized carbons (Fsp3) is 0.217. The number of benzene rings is 2. The van der Waals surface area contributed by atoms with E-state index in [9.17, 15) is 4.79 Å². The summed E-state index contributed by atoms with van der Waals surface area (Å²) in [5, 5.41) is 5.01. The number of nitrogens with zero attached hydrogens (tertiary/aromatic N) is 2. The van der Waals surface area contributed by atoms with Gasteiger partial charge in [0.1, 0.15) is 5.75 Å². The van der Waals surface area contributed by atoms with E-state index in [1.807, 2.05) is 40.2 Å². The van der Waals surface area contributed by atoms with Crippen molar-refractivity contribution in [3.8, 4) is 17.0 Å². The Hall–Kier alpha value is -3.12. The van der Waals surface area contributed by atoms with Crippen LogP contribution in [0, 0.1) is 6.92 Å². The number of carbonyl (C=O) groups is 1. The van der Waals surface area contributed by atoms with E-state index in [4.69, 9.17) is 9.72 Å². The smallest absolute Gasteiger partial charge is 0.225 e. The lowest BCUT2D eigenvalue weighted by atomic mass is 10.1. The van der Waals surface area contributed by atoms with Crippen LogP contribution in [0.5, 0.6) is 5.75 Å². The minimum absolute atomic E-state index is 0.00480. The fourth-order valence-electron chi connectivity index (χ4n) is 3.29. The van der Waals surface area contributed by atoms with Gasteiger partial charge in [-0.3, -0.25) is 9.20 Å². The lowest BCUT2D eigenvalue weighted by Gasteiger charge is -2.09. The lowest BCUT2D eigenvalue weighted by Crippen LogP contribution is -2.27. The molecule has 1 amide bonds. The summed E-state index contributed by atoms with van der Waals surface area (Å²) in [6, 6.07) is 16.2. The van der Waals surface area contributed by atoms with Gasteiger partial charge in [0, 0.05) is 29.4 Å². The number of rotatable bonds is 7. The summed E-state index contributed by atoms with van der Waals surface area (Å²) < 4.78 is 7.37. The molecule has 29 heavy (non-hydrogen) atoms. The van der Waals surface area contributed by atoms with Crippen LogP contribution in [-0.2, 0) is 17.6 Å². The van der Waals surface area contributed by atoms with Gasteiger partial charge in [0.2, 0.25) is 5.91 Å². The minimum Gasteiger partial charge on any atom is -0.496 e. The highest BCUT2D eigenvalue weighted by atomic mass is 32.1. The van der Waals surface area contributed by atoms with Crippen molar-refractivity contribution >= 4 is 22.2 Å². The molecule has 0 saturated carbocycles. The number of thiazole rings is 1. The maximum Gasteiger partial charge on any atom is 0.225 e. The van der Waals surface area contributed by atoms with Crippen molar-refractivity contribution in [2.24, 2.45) is 0 Å². The number of methoxy groups -OCH3 is 1. The summed E-state index contributed by atoms with van der Waals surface area (Å²) in [5.74, 6) is 0.855. The molecule has 2 heterocycles. The maximum absolute atomic E-state index is 12.4. The van der Waals surface area contributed by atoms with Crippen LogP contribution in [0.3, 0.4) is 0 Å². The molecule has 6 heteroatoms. The van der Waals surface area contributed by atoms with E-state index in [0.29, 0.717) is 13.0 Å². The molecule has 0 atom stereocenters. The number of aromatic nitrogens is 2. The second-order valence-corrected chi connectivity index (χ2v) is 7.80. The first-order chi connectivity index (χ1) is 14.1. The fourth-order valence-corrected chi connectivity index (χ4v) is 4.17. The van der Waals surface area contributed by atoms with Gasteiger partial charge < -0.3 is 10.1 Å². The predicted octanol–water partition coefficient (Wildman–Crippen LogP) is 4.28. The molecular formula is C23H23N3O2S. The Balaban J connectivity index is 1.40. The van der Waals surface area contributed by atoms with Crippen molar-refractivity contribution in [2.45, 2.75) is 19.8 Å². The molecule has 4 rings (SSSR count). The number of nitrogens with one attached hydrogen (secondary N) is 1. The van der Waals surface area contributed by atoms with Crippen molar-refractivity contribution in [2.75, 3.05) is 13.7 Å². The van der Waals surface area contributed by atoms with Crippen molar-refractivity contribution in [1.29, 1.82) is 0 Å². The molecule has 5 nitrogen and oxygen atoms in total. The quantitative estimate of drug-likeness (QED) is 0.499. The number of carbonyl (C=O) groups excluding carboxylic acids is 1. The molecule has 2 aromatic heterocycles. The molecule has 0 bridgehead atoms. The van der Waals surface area contributed by atoms with Crippen LogP contribution in [0.15, 0.2) is 60.1 Å². The molecule has 0 aliphatic carbocycles. The van der Waals surface area contributed by atoms with Crippen LogP contribution < -0.4 is 10.1 Å². The van der Waals surface area contributed by atoms with Gasteiger partial charge in [0.25, 0.3) is 0 Å². The van der Waals surface area contributed by atoms with E-state index in [-0.39, 0.29) is 5.91 Å². The van der Waals surface area contributed by atoms with Gasteiger partial charge in [-0.2, -0.15) is 0 Å². The van der Waals surface area contributed by atoms with E-state index in [0.717, 1.165) is 39.6 Å². The largest absolute Gasteiger partial charge is 0.496 e. The number of imidazole rings is 1. The number of ether oxygens (including phenoxy) is 1. The van der Waals surface area contributed by atoms with Gasteiger partial charge in [-0.1, -0.05) is 48.0 Å². The monoisotopic (exact) mass is 405 g/mol. The highest BCUT2D eigenvalue weighted by Crippen LogP contribution is 2.24. The Morgan fingerprint density at radius 3 is 2.76 bits per heavy atom. The number of aryl methyl sites for hydroxylation is 1. The molecule has 1 N–H and O–H groups in total. The van der Waals surface area contributed by atoms with E-state index in [2.05, 4.69) is 36.5 Å². The minimum atomic E-state index is 0.00480. The first-order valence-corrected chi connectivity index (χ1v) is 10.4. The van der Waals surface area contributed by atoms with E-state index in [1.54, 1.807) is 18.4 Å². The Labute approximate surface area is 174 Å². The summed E-state index contributed by atoms with van der Waals surface area (Å²) in [6.45, 7) is 2.64. The van der Waals surface area contributed by atoms with Crippen LogP contribution in [-0.4, -0.2) is 28.9 Å². The average molecular weight is 406 g/mol. The zero-order valence-corrected chi connectivity index (χ0v) is 17.3. The molecule has 0 spiro atoms. The molecular weight excluding hydrogens is 382 g/mol. The van der Waals surface area contributed by atoms with Gasteiger partial charge in [-0.05, 0) is 25.0 Å². The number of hydrogen-bond acceptors (Lipinski definition) is 4. The zero-order chi connectivity index (χ0) is 20.2. The van der Waals surface area contributed by atoms with Crippen LogP contribution in [0.25, 0.3) is 16.2 Å². The third-order valence-electron chi connectivity index (χ3n) is 4.88. The van der Waals surface area contributed by atoms with Gasteiger partial charge in [0.15, 0.2) is 4.96 Å². The number of fused-ring (bicyclic) bond motifs is 1. The second kappa shape index (κ2) is 8.49. The van der Waals surface area contributed by atoms with Gasteiger partial charge >= 0.3 is 0 Å². The molecule has 2 aromatic carbocycles. The maximum atomic E-state index is 12.4. The third kappa shape index (κ3) is 4.32. The summed E-state index contributed by atoms with van der Waals surface area (Å²) >= 11 is 1.56. The first-order valence-electron chi connectivity index (χ1n) is 9.55. The van der Waals surface area contributed by atoms with Crippen molar-refractivity contribution in [1.82, 2.24) is 14.7 Å². The van der Waals surface area contributed by atoms with Crippen molar-refractivity contribution in [3.63, 3.8) is 0 Å². The van der Waals surface area contributed by atoms with Crippen LogP contribution in [0.1, 0.15) is 16.8 Å². The van der Waals surface area contributed by atoms with Gasteiger partial charge in [0.05, 0.1) is 19.2 Å². The molecule has 0 aliphatic rings. The first kappa shape index (κ1) is 19.2. The molecule has 0 aliphatic heterocycles. The van der Waals surface area contributed by atoms with Crippen molar-refractivity contribution < 1.29 is 9.53 Å². The Kier molecular flexibility index (Phi) is 5.62. The highest BCUT2D eigenvalue weighted by molar-refractivity contribution is 7.15. The van der Waals surface area contributed by atoms with E-state index in [1.165, 1.54) is 5.56 Å². The Bertz CT molecular complexity index is 1130. The summed E-state index contributed by atoms with van der Waals surface area (Å²) in [5.41, 5.74) is 5.27. The topological polar surface area (TPSA) is 55.6 Å². The predicted molar refractivity (Wildman–Crippen MR) is 117 cm³/mol. The summed E-state index contributed by atoms with van der Waals surface area (Å²) in [6.07, 6.45) is 3.07. The molecule has 4 aromatic rings. The van der Waals surface area contributed by atoms with Crippen LogP contribution in [0.2, 0.25) is 0 Å². The molecule has 0 unspecified atom stereocenters. The number of para-hydroxylation sites is 1. The van der Waals surface area contributed by atoms with E-state index < -0.39 is 0 Å². The molecule has 0 radical (unpaired) electrons. The summed E-state index contributed by atoms with van der Waals surface area (Å²) in [4.78, 5) is 18.0. The van der Waals surface area contributed by atoms with Crippen LogP contribution in [0.4, 0.5) is 0 Å². The van der Waals surface area contributed by atoms with Crippen molar-refractivity contribution in [3.05, 3.63) is 76.9 Å². The highest BCUT2D eigenvalue weighted by Gasteiger charge is 2.12. The lowest BCUT2D eigenvalue weighted by molar-refractivity contribution is -0.120. The third-order valence-corrected chi connectivity index (χ3v) is 5.77. The standard InChI is InChI=1S/C23H23N3O2S/c1-16-7-9-17(10-8-16)20-14-26-19(15-29-23(26)25-20)13-22(27)24-12-11-18-5-3-4-6-21(18)28-2/h3-10,14-15H,11-13H2,1-2H3,(H,24,27). The number of amides is 1. The van der Waals surface area contributed by atoms with Gasteiger partial charge in [-0.25, -0.2) is 4.98 Å². The molecule has 0 saturated heterocycles. The van der Waals surface area contributed by atoms with Crippen LogP contribution >= 0.6 is 11.3 Å². The van der Waals surface area contributed by atoms with Gasteiger partial charge in [-0.15, -0.1) is 11.3 Å². The second-order valence-electron chi connectivity index (χ2n) is 6.96. The Morgan fingerprint density at radius 2 is 1.97 bits per heavy atom. The number of hydrogen-bond donors (Lipinski definition) is 1. The van der Waals surface area contributed by atoms with E-state index >= 15 is 0 Å². The average Bonchev–Trinajstić information content (AvgIpc) is 3.31.